The molecule has 0 bridgehead atoms. The summed E-state index contributed by atoms with van der Waals surface area (Å²) < 4.78 is 5.11. The number of ether oxygens (including phenoxy) is 1. The molecule has 3 N–H and O–H groups in total. The summed E-state index contributed by atoms with van der Waals surface area (Å²) in [5, 5.41) is 3.02. The summed E-state index contributed by atoms with van der Waals surface area (Å²) in [7, 11) is 5.64. The number of hydrogen-bond acceptors (Lipinski definition) is 4. The number of amides is 1. The average molecular weight is 332 g/mol. The molecule has 0 aliphatic heterocycles. The minimum Gasteiger partial charge on any atom is -0.380 e. The summed E-state index contributed by atoms with van der Waals surface area (Å²) in [5.74, 6) is -0.00775. The molecule has 0 saturated heterocycles. The summed E-state index contributed by atoms with van der Waals surface area (Å²) in [6, 6.07) is 0.0997. The molecule has 0 fully saturated rings. The van der Waals surface area contributed by atoms with Crippen LogP contribution in [0.2, 0.25) is 0 Å². The highest BCUT2D eigenvalue weighted by atomic mass is 35.5. The molecule has 0 aromatic heterocycles. The van der Waals surface area contributed by atoms with E-state index in [2.05, 4.69) is 24.1 Å². The Balaban J connectivity index is -0.00000144. The first-order valence-electron chi connectivity index (χ1n) is 6.40. The van der Waals surface area contributed by atoms with Crippen molar-refractivity contribution in [1.82, 2.24) is 10.2 Å². The molecular weight excluding hydrogens is 301 g/mol. The Bertz CT molecular complexity index is 260. The molecule has 1 amide bonds. The molecule has 2 unspecified atom stereocenters. The van der Waals surface area contributed by atoms with Crippen LogP contribution < -0.4 is 11.1 Å². The molecule has 0 spiro atoms. The lowest BCUT2D eigenvalue weighted by atomic mass is 9.85. The number of rotatable bonds is 8. The first kappa shape index (κ1) is 24.9. The lowest BCUT2D eigenvalue weighted by Gasteiger charge is -2.35. The van der Waals surface area contributed by atoms with E-state index in [0.29, 0.717) is 13.0 Å². The molecule has 124 valence electrons. The smallest absolute Gasteiger partial charge is 0.222 e. The number of nitrogens with one attached hydrogen (secondary N) is 1. The molecule has 0 aliphatic carbocycles. The summed E-state index contributed by atoms with van der Waals surface area (Å²) in [5.41, 5.74) is 5.52. The number of nitrogens with zero attached hydrogens (tertiary/aromatic N) is 1. The van der Waals surface area contributed by atoms with Crippen LogP contribution in [0.4, 0.5) is 0 Å². The van der Waals surface area contributed by atoms with Crippen LogP contribution in [0, 0.1) is 5.41 Å². The molecule has 5 nitrogen and oxygen atoms in total. The van der Waals surface area contributed by atoms with Gasteiger partial charge in [0.25, 0.3) is 0 Å². The lowest BCUT2D eigenvalue weighted by Crippen LogP contribution is -2.48. The number of halogens is 2. The van der Waals surface area contributed by atoms with Crippen molar-refractivity contribution in [3.05, 3.63) is 0 Å². The van der Waals surface area contributed by atoms with Crippen molar-refractivity contribution in [2.75, 3.05) is 34.3 Å². The molecule has 0 aliphatic rings. The quantitative estimate of drug-likeness (QED) is 0.703. The van der Waals surface area contributed by atoms with Gasteiger partial charge in [-0.1, -0.05) is 13.8 Å². The molecule has 2 atom stereocenters. The number of methoxy groups -OCH3 is 1. The van der Waals surface area contributed by atoms with E-state index in [0.717, 1.165) is 6.54 Å². The van der Waals surface area contributed by atoms with Gasteiger partial charge in [-0.15, -0.1) is 24.8 Å². The second-order valence-corrected chi connectivity index (χ2v) is 5.81. The molecular formula is C13H31Cl2N3O2. The predicted molar refractivity (Wildman–Crippen MR) is 88.9 cm³/mol. The highest BCUT2D eigenvalue weighted by Gasteiger charge is 2.28. The fourth-order valence-electron chi connectivity index (χ4n) is 1.92. The first-order chi connectivity index (χ1) is 8.22. The Labute approximate surface area is 135 Å². The van der Waals surface area contributed by atoms with Crippen LogP contribution >= 0.6 is 24.8 Å². The maximum absolute atomic E-state index is 11.9. The highest BCUT2D eigenvalue weighted by Crippen LogP contribution is 2.21. The molecule has 0 heterocycles. The van der Waals surface area contributed by atoms with Gasteiger partial charge in [0.05, 0.1) is 12.5 Å². The fraction of sp³-hybridized carbons (Fsp3) is 0.923. The third kappa shape index (κ3) is 9.77. The topological polar surface area (TPSA) is 67.6 Å². The van der Waals surface area contributed by atoms with Gasteiger partial charge in [-0.2, -0.15) is 0 Å². The summed E-state index contributed by atoms with van der Waals surface area (Å²) in [6.07, 6.45) is 0.115. The zero-order valence-corrected chi connectivity index (χ0v) is 15.1. The van der Waals surface area contributed by atoms with Gasteiger partial charge in [-0.25, -0.2) is 0 Å². The molecule has 0 saturated carbocycles. The monoisotopic (exact) mass is 331 g/mol. The van der Waals surface area contributed by atoms with Gasteiger partial charge in [0.15, 0.2) is 0 Å². The van der Waals surface area contributed by atoms with Crippen LogP contribution in [-0.2, 0) is 9.53 Å². The Morgan fingerprint density at radius 2 is 1.85 bits per heavy atom. The summed E-state index contributed by atoms with van der Waals surface area (Å²) >= 11 is 0. The van der Waals surface area contributed by atoms with Gasteiger partial charge in [0, 0.05) is 26.2 Å². The Morgan fingerprint density at radius 1 is 1.35 bits per heavy atom. The number of carbonyl (C=O) groups is 1. The third-order valence-corrected chi connectivity index (χ3v) is 3.28. The van der Waals surface area contributed by atoms with Crippen LogP contribution in [0.25, 0.3) is 0 Å². The van der Waals surface area contributed by atoms with Crippen molar-refractivity contribution in [1.29, 1.82) is 0 Å². The standard InChI is InChI=1S/C13H29N3O2.2ClH/c1-10(13(2,3)9-16(4)5)15-12(17)7-11(8-14)18-6;;/h10-11H,7-9,14H2,1-6H3,(H,15,17);2*1H. The maximum Gasteiger partial charge on any atom is 0.222 e. The van der Waals surface area contributed by atoms with E-state index >= 15 is 0 Å². The zero-order chi connectivity index (χ0) is 14.3. The minimum atomic E-state index is -0.200. The predicted octanol–water partition coefficient (Wildman–Crippen LogP) is 1.29. The van der Waals surface area contributed by atoms with Gasteiger partial charge in [0.2, 0.25) is 5.91 Å². The van der Waals surface area contributed by atoms with E-state index in [4.69, 9.17) is 10.5 Å². The van der Waals surface area contributed by atoms with Crippen molar-refractivity contribution >= 4 is 30.7 Å². The van der Waals surface area contributed by atoms with Crippen LogP contribution in [0.3, 0.4) is 0 Å². The minimum absolute atomic E-state index is 0. The van der Waals surface area contributed by atoms with Crippen LogP contribution in [0.5, 0.6) is 0 Å². The first-order valence-corrected chi connectivity index (χ1v) is 6.40. The number of carbonyl (C=O) groups excluding carboxylic acids is 1. The fourth-order valence-corrected chi connectivity index (χ4v) is 1.92. The largest absolute Gasteiger partial charge is 0.380 e. The van der Waals surface area contributed by atoms with Gasteiger partial charge < -0.3 is 20.7 Å². The SMILES string of the molecule is COC(CN)CC(=O)NC(C)C(C)(C)CN(C)C.Cl.Cl. The van der Waals surface area contributed by atoms with E-state index in [1.165, 1.54) is 0 Å². The molecule has 0 aromatic carbocycles. The van der Waals surface area contributed by atoms with Crippen molar-refractivity contribution in [2.45, 2.75) is 39.3 Å². The Kier molecular flexibility index (Phi) is 14.4. The van der Waals surface area contributed by atoms with E-state index in [-0.39, 0.29) is 48.3 Å². The molecule has 7 heteroatoms. The average Bonchev–Trinajstić information content (AvgIpc) is 2.23. The third-order valence-electron chi connectivity index (χ3n) is 3.28. The molecule has 0 aromatic rings. The van der Waals surface area contributed by atoms with Gasteiger partial charge >= 0.3 is 0 Å². The van der Waals surface area contributed by atoms with Crippen LogP contribution in [0.1, 0.15) is 27.2 Å². The van der Waals surface area contributed by atoms with Crippen molar-refractivity contribution in [2.24, 2.45) is 11.1 Å². The Hall–Kier alpha value is -0.0700. The second-order valence-electron chi connectivity index (χ2n) is 5.81. The van der Waals surface area contributed by atoms with E-state index < -0.39 is 0 Å². The van der Waals surface area contributed by atoms with Crippen molar-refractivity contribution < 1.29 is 9.53 Å². The van der Waals surface area contributed by atoms with E-state index in [9.17, 15) is 4.79 Å². The van der Waals surface area contributed by atoms with E-state index in [1.54, 1.807) is 7.11 Å². The van der Waals surface area contributed by atoms with Crippen LogP contribution in [0.15, 0.2) is 0 Å². The molecule has 20 heavy (non-hydrogen) atoms. The van der Waals surface area contributed by atoms with Gasteiger partial charge in [0.1, 0.15) is 0 Å². The normalized spacial score (nSPS) is 14.0. The number of nitrogens with two attached hydrogens (primary N) is 1. The van der Waals surface area contributed by atoms with Crippen molar-refractivity contribution in [3.8, 4) is 0 Å². The van der Waals surface area contributed by atoms with Gasteiger partial charge in [-0.05, 0) is 26.4 Å². The lowest BCUT2D eigenvalue weighted by molar-refractivity contribution is -0.124. The highest BCUT2D eigenvalue weighted by molar-refractivity contribution is 5.85. The van der Waals surface area contributed by atoms with Crippen LogP contribution in [-0.4, -0.2) is 57.2 Å². The summed E-state index contributed by atoms with van der Waals surface area (Å²) in [6.45, 7) is 7.60. The van der Waals surface area contributed by atoms with Crippen molar-refractivity contribution in [3.63, 3.8) is 0 Å². The maximum atomic E-state index is 11.9. The molecule has 0 radical (unpaired) electrons. The Morgan fingerprint density at radius 3 is 2.20 bits per heavy atom. The molecule has 0 rings (SSSR count). The second kappa shape index (κ2) is 11.6. The van der Waals surface area contributed by atoms with E-state index in [1.807, 2.05) is 21.0 Å². The summed E-state index contributed by atoms with van der Waals surface area (Å²) in [4.78, 5) is 14.0. The number of hydrogen-bond donors (Lipinski definition) is 2. The zero-order valence-electron chi connectivity index (χ0n) is 13.4. The van der Waals surface area contributed by atoms with Gasteiger partial charge in [-0.3, -0.25) is 4.79 Å².